The van der Waals surface area contributed by atoms with Gasteiger partial charge in [-0.3, -0.25) is 9.69 Å². The zero-order valence-electron chi connectivity index (χ0n) is 21.3. The maximum Gasteiger partial charge on any atom is 0.254 e. The average molecular weight is 550 g/mol. The first-order valence-corrected chi connectivity index (χ1v) is 14.3. The van der Waals surface area contributed by atoms with Gasteiger partial charge in [0, 0.05) is 63.2 Å². The molecule has 2 fully saturated rings. The van der Waals surface area contributed by atoms with Gasteiger partial charge < -0.3 is 14.5 Å². The number of hydrogen-bond donors (Lipinski definition) is 0. The Morgan fingerprint density at radius 2 is 1.68 bits per heavy atom. The number of aromatic nitrogens is 2. The molecule has 0 N–H and O–H groups in total. The van der Waals surface area contributed by atoms with Crippen LogP contribution in [0.2, 0.25) is 5.15 Å². The first kappa shape index (κ1) is 26.7. The van der Waals surface area contributed by atoms with Gasteiger partial charge in [-0.05, 0) is 23.3 Å². The highest BCUT2D eigenvalue weighted by molar-refractivity contribution is 7.98. The smallest absolute Gasteiger partial charge is 0.254 e. The summed E-state index contributed by atoms with van der Waals surface area (Å²) in [6.45, 7) is 7.16. The molecule has 0 spiro atoms. The number of anilines is 1. The molecular weight excluding hydrogens is 518 g/mol. The van der Waals surface area contributed by atoms with Crippen LogP contribution in [0.25, 0.3) is 6.08 Å². The van der Waals surface area contributed by atoms with Crippen LogP contribution in [0.4, 0.5) is 5.82 Å². The van der Waals surface area contributed by atoms with Gasteiger partial charge in [-0.1, -0.05) is 78.0 Å². The molecule has 0 aliphatic carbocycles. The molecule has 0 saturated carbocycles. The Balaban J connectivity index is 1.12. The van der Waals surface area contributed by atoms with E-state index in [2.05, 4.69) is 51.2 Å². The second kappa shape index (κ2) is 13.2. The number of carbonyl (C=O) groups excluding carboxylic acids is 1. The van der Waals surface area contributed by atoms with Crippen molar-refractivity contribution in [3.63, 3.8) is 0 Å². The standard InChI is InChI=1S/C29H32ClN5O2S/c30-26-21-27(34-15-13-33(14-16-34)12-4-7-23-5-2-1-3-6-23)32-29(31-26)38-22-24-8-10-25(11-9-24)28(36)35-17-19-37-20-18-35/h1-11,21H,12-20,22H2. The molecule has 0 atom stereocenters. The highest BCUT2D eigenvalue weighted by atomic mass is 35.5. The minimum Gasteiger partial charge on any atom is -0.378 e. The Morgan fingerprint density at radius 3 is 2.42 bits per heavy atom. The number of halogens is 1. The van der Waals surface area contributed by atoms with E-state index in [-0.39, 0.29) is 5.91 Å². The Morgan fingerprint density at radius 1 is 0.947 bits per heavy atom. The fraction of sp³-hybridized carbons (Fsp3) is 0.345. The highest BCUT2D eigenvalue weighted by Crippen LogP contribution is 2.25. The lowest BCUT2D eigenvalue weighted by Crippen LogP contribution is -2.46. The van der Waals surface area contributed by atoms with E-state index in [1.165, 1.54) is 5.56 Å². The van der Waals surface area contributed by atoms with E-state index in [4.69, 9.17) is 21.3 Å². The van der Waals surface area contributed by atoms with E-state index in [1.807, 2.05) is 41.3 Å². The van der Waals surface area contributed by atoms with Crippen molar-refractivity contribution in [2.75, 3.05) is 63.9 Å². The molecular formula is C29H32ClN5O2S. The normalized spacial score (nSPS) is 16.8. The number of carbonyl (C=O) groups is 1. The SMILES string of the molecule is O=C(c1ccc(CSc2nc(Cl)cc(N3CCN(CC=Cc4ccccc4)CC3)n2)cc1)N1CCOCC1. The molecule has 3 aromatic rings. The van der Waals surface area contributed by atoms with Crippen LogP contribution in [0.15, 0.2) is 71.9 Å². The largest absolute Gasteiger partial charge is 0.378 e. The summed E-state index contributed by atoms with van der Waals surface area (Å²) in [4.78, 5) is 28.5. The minimum absolute atomic E-state index is 0.0580. The minimum atomic E-state index is 0.0580. The number of piperazine rings is 1. The third-order valence-corrected chi connectivity index (χ3v) is 7.81. The maximum absolute atomic E-state index is 12.7. The molecule has 3 heterocycles. The molecule has 2 aromatic carbocycles. The van der Waals surface area contributed by atoms with Crippen molar-refractivity contribution in [2.45, 2.75) is 10.9 Å². The second-order valence-electron chi connectivity index (χ2n) is 9.32. The summed E-state index contributed by atoms with van der Waals surface area (Å²) in [7, 11) is 0. The molecule has 0 radical (unpaired) electrons. The van der Waals surface area contributed by atoms with Crippen molar-refractivity contribution in [2.24, 2.45) is 0 Å². The first-order valence-electron chi connectivity index (χ1n) is 13.0. The van der Waals surface area contributed by atoms with E-state index >= 15 is 0 Å². The van der Waals surface area contributed by atoms with Gasteiger partial charge in [-0.15, -0.1) is 0 Å². The van der Waals surface area contributed by atoms with Gasteiger partial charge in [0.25, 0.3) is 5.91 Å². The molecule has 38 heavy (non-hydrogen) atoms. The van der Waals surface area contributed by atoms with Crippen LogP contribution in [0.3, 0.4) is 0 Å². The number of morpholine rings is 1. The molecule has 0 bridgehead atoms. The molecule has 9 heteroatoms. The van der Waals surface area contributed by atoms with Gasteiger partial charge in [0.05, 0.1) is 13.2 Å². The van der Waals surface area contributed by atoms with Crippen molar-refractivity contribution in [1.82, 2.24) is 19.8 Å². The fourth-order valence-electron chi connectivity index (χ4n) is 4.51. The maximum atomic E-state index is 12.7. The molecule has 5 rings (SSSR count). The van der Waals surface area contributed by atoms with Gasteiger partial charge in [-0.25, -0.2) is 9.97 Å². The lowest BCUT2D eigenvalue weighted by molar-refractivity contribution is 0.0303. The summed E-state index contributed by atoms with van der Waals surface area (Å²) in [5.74, 6) is 1.63. The fourth-order valence-corrected chi connectivity index (χ4v) is 5.55. The van der Waals surface area contributed by atoms with Crippen molar-refractivity contribution in [1.29, 1.82) is 0 Å². The number of hydrogen-bond acceptors (Lipinski definition) is 7. The molecule has 2 saturated heterocycles. The Bertz CT molecular complexity index is 1230. The van der Waals surface area contributed by atoms with Crippen LogP contribution in [0, 0.1) is 0 Å². The van der Waals surface area contributed by atoms with Gasteiger partial charge in [0.2, 0.25) is 0 Å². The Hall–Kier alpha value is -2.91. The Kier molecular flexibility index (Phi) is 9.30. The lowest BCUT2D eigenvalue weighted by Gasteiger charge is -2.35. The molecule has 7 nitrogen and oxygen atoms in total. The summed E-state index contributed by atoms with van der Waals surface area (Å²) in [5, 5.41) is 1.12. The summed E-state index contributed by atoms with van der Waals surface area (Å²) < 4.78 is 5.34. The number of nitrogens with zero attached hydrogens (tertiary/aromatic N) is 5. The summed E-state index contributed by atoms with van der Waals surface area (Å²) in [6.07, 6.45) is 4.40. The quantitative estimate of drug-likeness (QED) is 0.229. The summed E-state index contributed by atoms with van der Waals surface area (Å²) in [6, 6.07) is 20.0. The first-order chi connectivity index (χ1) is 18.6. The van der Waals surface area contributed by atoms with Crippen LogP contribution in [-0.4, -0.2) is 84.7 Å². The molecule has 1 amide bonds. The van der Waals surface area contributed by atoms with Crippen molar-refractivity contribution in [3.05, 3.63) is 88.6 Å². The van der Waals surface area contributed by atoms with Gasteiger partial charge in [0.1, 0.15) is 11.0 Å². The third kappa shape index (κ3) is 7.35. The van der Waals surface area contributed by atoms with E-state index < -0.39 is 0 Å². The number of benzene rings is 2. The van der Waals surface area contributed by atoms with E-state index in [0.29, 0.717) is 47.9 Å². The monoisotopic (exact) mass is 549 g/mol. The molecule has 2 aliphatic rings. The van der Waals surface area contributed by atoms with E-state index in [9.17, 15) is 4.79 Å². The number of ether oxygens (including phenoxy) is 1. The van der Waals surface area contributed by atoms with Crippen molar-refractivity contribution >= 4 is 41.2 Å². The van der Waals surface area contributed by atoms with E-state index in [1.54, 1.807) is 11.8 Å². The molecule has 1 aromatic heterocycles. The van der Waals surface area contributed by atoms with Crippen LogP contribution in [0.5, 0.6) is 0 Å². The Labute approximate surface area is 233 Å². The van der Waals surface area contributed by atoms with Crippen LogP contribution in [-0.2, 0) is 10.5 Å². The molecule has 2 aliphatic heterocycles. The van der Waals surface area contributed by atoms with Gasteiger partial charge in [0.15, 0.2) is 5.16 Å². The zero-order valence-corrected chi connectivity index (χ0v) is 22.9. The van der Waals surface area contributed by atoms with Gasteiger partial charge in [-0.2, -0.15) is 0 Å². The summed E-state index contributed by atoms with van der Waals surface area (Å²) in [5.41, 5.74) is 3.04. The highest BCUT2D eigenvalue weighted by Gasteiger charge is 2.20. The predicted molar refractivity (Wildman–Crippen MR) is 154 cm³/mol. The third-order valence-electron chi connectivity index (χ3n) is 6.70. The predicted octanol–water partition coefficient (Wildman–Crippen LogP) is 4.73. The number of amides is 1. The van der Waals surface area contributed by atoms with Crippen LogP contribution < -0.4 is 4.90 Å². The van der Waals surface area contributed by atoms with Gasteiger partial charge >= 0.3 is 0 Å². The molecule has 0 unspecified atom stereocenters. The topological polar surface area (TPSA) is 61.8 Å². The number of rotatable bonds is 8. The average Bonchev–Trinajstić information content (AvgIpc) is 2.97. The van der Waals surface area contributed by atoms with Crippen molar-refractivity contribution < 1.29 is 9.53 Å². The van der Waals surface area contributed by atoms with Crippen molar-refractivity contribution in [3.8, 4) is 0 Å². The van der Waals surface area contributed by atoms with E-state index in [0.717, 1.165) is 44.1 Å². The number of thioether (sulfide) groups is 1. The van der Waals surface area contributed by atoms with Crippen LogP contribution >= 0.6 is 23.4 Å². The second-order valence-corrected chi connectivity index (χ2v) is 10.7. The zero-order chi connectivity index (χ0) is 26.2. The van der Waals surface area contributed by atoms with Crippen LogP contribution in [0.1, 0.15) is 21.5 Å². The lowest BCUT2D eigenvalue weighted by atomic mass is 10.1. The summed E-state index contributed by atoms with van der Waals surface area (Å²) >= 11 is 7.93. The molecule has 198 valence electrons.